The molecule has 1 saturated carbocycles. The van der Waals surface area contributed by atoms with E-state index < -0.39 is 41.1 Å². The lowest BCUT2D eigenvalue weighted by Crippen LogP contribution is -2.62. The Morgan fingerprint density at radius 3 is 2.39 bits per heavy atom. The zero-order valence-electron chi connectivity index (χ0n) is 27.5. The molecule has 246 valence electrons. The average Bonchev–Trinajstić information content (AvgIpc) is 2.96. The highest BCUT2D eigenvalue weighted by Gasteiger charge is 2.61. The molecule has 7 atom stereocenters. The van der Waals surface area contributed by atoms with Gasteiger partial charge in [0.25, 0.3) is 5.91 Å². The lowest BCUT2D eigenvalue weighted by atomic mass is 9.54. The van der Waals surface area contributed by atoms with Crippen molar-refractivity contribution in [1.82, 2.24) is 9.80 Å². The number of likely N-dealkylation sites (N-methyl/N-ethyl adjacent to an activating group) is 1. The van der Waals surface area contributed by atoms with E-state index in [0.717, 1.165) is 36.3 Å². The summed E-state index contributed by atoms with van der Waals surface area (Å²) in [7, 11) is 3.51. The molecule has 2 aromatic rings. The van der Waals surface area contributed by atoms with Gasteiger partial charge in [-0.05, 0) is 97.8 Å². The van der Waals surface area contributed by atoms with Gasteiger partial charge in [0, 0.05) is 25.2 Å². The quantitative estimate of drug-likeness (QED) is 0.312. The van der Waals surface area contributed by atoms with Crippen LogP contribution in [0.4, 0.5) is 0 Å². The van der Waals surface area contributed by atoms with E-state index in [1.807, 2.05) is 18.2 Å². The fourth-order valence-electron chi connectivity index (χ4n) is 9.39. The van der Waals surface area contributed by atoms with E-state index in [1.165, 1.54) is 12.0 Å². The number of ketones is 1. The van der Waals surface area contributed by atoms with E-state index in [0.29, 0.717) is 24.7 Å². The first kappa shape index (κ1) is 32.3. The Balaban J connectivity index is 1.42. The molecule has 0 spiro atoms. The van der Waals surface area contributed by atoms with Gasteiger partial charge in [-0.25, -0.2) is 0 Å². The minimum absolute atomic E-state index is 0.0291. The molecule has 0 radical (unpaired) electrons. The molecule has 1 heterocycles. The van der Waals surface area contributed by atoms with Crippen LogP contribution in [0.2, 0.25) is 0 Å². The maximum Gasteiger partial charge on any atom is 0.251 e. The third kappa shape index (κ3) is 5.13. The van der Waals surface area contributed by atoms with Gasteiger partial charge in [0.2, 0.25) is 0 Å². The minimum atomic E-state index is -2.00. The van der Waals surface area contributed by atoms with Gasteiger partial charge in [-0.15, -0.1) is 0 Å². The number of phenolic OH excluding ortho intramolecular Hbond substituents is 1. The van der Waals surface area contributed by atoms with Gasteiger partial charge in [-0.1, -0.05) is 45.0 Å². The first-order chi connectivity index (χ1) is 21.8. The molecule has 2 aromatic carbocycles. The van der Waals surface area contributed by atoms with Gasteiger partial charge < -0.3 is 26.2 Å². The lowest BCUT2D eigenvalue weighted by Gasteiger charge is -2.53. The van der Waals surface area contributed by atoms with Crippen molar-refractivity contribution in [3.63, 3.8) is 0 Å². The van der Waals surface area contributed by atoms with E-state index in [2.05, 4.69) is 30.9 Å². The summed E-state index contributed by atoms with van der Waals surface area (Å²) >= 11 is 0. The molecule has 6 rings (SSSR count). The fourth-order valence-corrected chi connectivity index (χ4v) is 9.39. The van der Waals surface area contributed by atoms with Crippen LogP contribution in [0.15, 0.2) is 53.3 Å². The van der Waals surface area contributed by atoms with E-state index >= 15 is 0 Å². The number of aliphatic hydroxyl groups is 3. The van der Waals surface area contributed by atoms with Gasteiger partial charge in [-0.3, -0.25) is 19.4 Å². The predicted molar refractivity (Wildman–Crippen MR) is 177 cm³/mol. The van der Waals surface area contributed by atoms with Crippen molar-refractivity contribution in [3.8, 4) is 16.9 Å². The number of hydrogen-bond acceptors (Lipinski definition) is 8. The molecule has 46 heavy (non-hydrogen) atoms. The van der Waals surface area contributed by atoms with E-state index in [4.69, 9.17) is 5.73 Å². The number of carbonyl (C=O) groups is 2. The second kappa shape index (κ2) is 11.9. The molecule has 1 saturated heterocycles. The Hall–Kier alpha value is -3.66. The Kier molecular flexibility index (Phi) is 8.32. The summed E-state index contributed by atoms with van der Waals surface area (Å²) < 4.78 is 0. The third-order valence-corrected chi connectivity index (χ3v) is 11.0. The number of rotatable bonds is 6. The molecule has 9 heteroatoms. The Bertz CT molecular complexity index is 1640. The predicted octanol–water partition coefficient (Wildman–Crippen LogP) is 4.57. The standard InChI is InChI=1S/C37H47N3O6/c1-6-37(46)30-26(32(39(4)5)35(44)31(37)36(38)45)15-23-14-25-24(10-11-27(41)29(25)33(42)28(23)34(30)43)22-9-7-8-21(13-22)18-40-16-19(2)12-20(3)17-40/h7-11,13,19-20,23,26,30,32,41-42,44,46H,6,12,14-18H2,1-5H3,(H2,38,45)/t19?,20?,23?,26?,30?,32-,37+/m0/s1. The van der Waals surface area contributed by atoms with Crippen LogP contribution in [0.1, 0.15) is 56.7 Å². The van der Waals surface area contributed by atoms with Crippen molar-refractivity contribution in [2.24, 2.45) is 35.3 Å². The number of amides is 1. The highest BCUT2D eigenvalue weighted by Crippen LogP contribution is 2.55. The monoisotopic (exact) mass is 629 g/mol. The normalized spacial score (nSPS) is 31.5. The van der Waals surface area contributed by atoms with E-state index in [9.17, 15) is 30.0 Å². The first-order valence-corrected chi connectivity index (χ1v) is 16.5. The number of nitrogens with zero attached hydrogens (tertiary/aromatic N) is 2. The maximum absolute atomic E-state index is 14.4. The van der Waals surface area contributed by atoms with Gasteiger partial charge in [0.05, 0.1) is 23.1 Å². The molecule has 1 amide bonds. The number of aromatic hydroxyl groups is 1. The van der Waals surface area contributed by atoms with Crippen LogP contribution in [-0.4, -0.2) is 80.7 Å². The van der Waals surface area contributed by atoms with Crippen LogP contribution in [0.5, 0.6) is 5.75 Å². The summed E-state index contributed by atoms with van der Waals surface area (Å²) in [5.41, 5.74) is 7.51. The summed E-state index contributed by atoms with van der Waals surface area (Å²) in [4.78, 5) is 31.3. The average molecular weight is 630 g/mol. The summed E-state index contributed by atoms with van der Waals surface area (Å²) in [5, 5.41) is 46.1. The molecule has 1 aliphatic heterocycles. The molecule has 0 aromatic heterocycles. The molecule has 4 aliphatic rings. The number of Topliss-reactive ketones (excluding diaryl/α,β-unsaturated/α-hetero) is 1. The number of hydrogen-bond donors (Lipinski definition) is 5. The van der Waals surface area contributed by atoms with Gasteiger partial charge in [0.15, 0.2) is 5.78 Å². The third-order valence-electron chi connectivity index (χ3n) is 11.0. The van der Waals surface area contributed by atoms with Crippen LogP contribution in [0.25, 0.3) is 16.9 Å². The zero-order valence-corrected chi connectivity index (χ0v) is 27.5. The molecule has 9 nitrogen and oxygen atoms in total. The van der Waals surface area contributed by atoms with Crippen molar-refractivity contribution in [2.75, 3.05) is 27.2 Å². The zero-order chi connectivity index (χ0) is 33.2. The molecular formula is C37H47N3O6. The fraction of sp³-hybridized carbons (Fsp3) is 0.514. The van der Waals surface area contributed by atoms with Crippen molar-refractivity contribution in [1.29, 1.82) is 0 Å². The smallest absolute Gasteiger partial charge is 0.251 e. The highest BCUT2D eigenvalue weighted by molar-refractivity contribution is 6.08. The molecule has 3 aliphatic carbocycles. The van der Waals surface area contributed by atoms with E-state index in [-0.39, 0.29) is 40.4 Å². The number of piperidine rings is 1. The Labute approximate surface area is 271 Å². The van der Waals surface area contributed by atoms with Crippen LogP contribution in [0, 0.1) is 29.6 Å². The van der Waals surface area contributed by atoms with Crippen molar-refractivity contribution in [3.05, 3.63) is 70.0 Å². The number of likely N-dealkylation sites (tertiary alicyclic amines) is 1. The molecule has 5 unspecified atom stereocenters. The molecule has 0 bridgehead atoms. The molecule has 6 N–H and O–H groups in total. The second-order valence-corrected chi connectivity index (χ2v) is 14.5. The van der Waals surface area contributed by atoms with Gasteiger partial charge in [-0.2, -0.15) is 0 Å². The van der Waals surface area contributed by atoms with Crippen LogP contribution in [-0.2, 0) is 22.6 Å². The van der Waals surface area contributed by atoms with Crippen LogP contribution >= 0.6 is 0 Å². The number of carbonyl (C=O) groups excluding carboxylic acids is 2. The first-order valence-electron chi connectivity index (χ1n) is 16.5. The van der Waals surface area contributed by atoms with Gasteiger partial charge >= 0.3 is 0 Å². The van der Waals surface area contributed by atoms with Crippen LogP contribution in [0.3, 0.4) is 0 Å². The number of phenols is 1. The van der Waals surface area contributed by atoms with Crippen molar-refractivity contribution >= 4 is 17.4 Å². The number of aliphatic hydroxyl groups excluding tert-OH is 2. The number of benzene rings is 2. The molecular weight excluding hydrogens is 582 g/mol. The highest BCUT2D eigenvalue weighted by atomic mass is 16.3. The number of fused-ring (bicyclic) bond motifs is 3. The summed E-state index contributed by atoms with van der Waals surface area (Å²) in [6, 6.07) is 11.1. The largest absolute Gasteiger partial charge is 0.510 e. The van der Waals surface area contributed by atoms with Crippen molar-refractivity contribution in [2.45, 2.75) is 64.6 Å². The summed E-state index contributed by atoms with van der Waals surface area (Å²) in [6.07, 6.45) is 1.97. The summed E-state index contributed by atoms with van der Waals surface area (Å²) in [6.45, 7) is 9.23. The number of primary amides is 1. The number of allylic oxidation sites excluding steroid dienone is 1. The number of nitrogens with two attached hydrogens (primary N) is 1. The Morgan fingerprint density at radius 1 is 1.07 bits per heavy atom. The lowest BCUT2D eigenvalue weighted by molar-refractivity contribution is -0.141. The second-order valence-electron chi connectivity index (χ2n) is 14.5. The molecule has 2 fully saturated rings. The van der Waals surface area contributed by atoms with Gasteiger partial charge in [0.1, 0.15) is 22.9 Å². The van der Waals surface area contributed by atoms with E-state index in [1.54, 1.807) is 32.0 Å². The van der Waals surface area contributed by atoms with Crippen molar-refractivity contribution < 1.29 is 30.0 Å². The topological polar surface area (TPSA) is 148 Å². The SMILES string of the molecule is CC[C@]1(O)C(C(N)=O)=C(O)[C@@H](N(C)C)C2CC3Cc4c(-c5cccc(CN6CC(C)CC(C)C6)c5)ccc(O)c4C(O)=C3C(=O)C21. The Morgan fingerprint density at radius 2 is 1.76 bits per heavy atom. The van der Waals surface area contributed by atoms with Crippen LogP contribution < -0.4 is 5.73 Å². The summed E-state index contributed by atoms with van der Waals surface area (Å²) in [5.74, 6) is -2.96. The minimum Gasteiger partial charge on any atom is -0.510 e. The maximum atomic E-state index is 14.4.